The van der Waals surface area contributed by atoms with Gasteiger partial charge in [0.25, 0.3) is 0 Å². The fourth-order valence-electron chi connectivity index (χ4n) is 3.62. The van der Waals surface area contributed by atoms with Crippen molar-refractivity contribution in [1.29, 1.82) is 0 Å². The monoisotopic (exact) mass is 346 g/mol. The van der Waals surface area contributed by atoms with E-state index in [2.05, 4.69) is 31.3 Å². The molecule has 138 valence electrons. The van der Waals surface area contributed by atoms with Crippen LogP contribution in [0.2, 0.25) is 0 Å². The van der Waals surface area contributed by atoms with Crippen LogP contribution in [0.25, 0.3) is 0 Å². The minimum atomic E-state index is -0.239. The highest BCUT2D eigenvalue weighted by molar-refractivity contribution is 5.75. The summed E-state index contributed by atoms with van der Waals surface area (Å²) in [5, 5.41) is 3.27. The molecule has 3 rings (SSSR count). The molecule has 25 heavy (non-hydrogen) atoms. The van der Waals surface area contributed by atoms with Gasteiger partial charge >= 0.3 is 6.03 Å². The van der Waals surface area contributed by atoms with Gasteiger partial charge in [0.1, 0.15) is 0 Å². The summed E-state index contributed by atoms with van der Waals surface area (Å²) in [7, 11) is 0. The van der Waals surface area contributed by atoms with Crippen molar-refractivity contribution in [2.75, 3.05) is 32.9 Å². The standard InChI is InChI=1S/C20H30N2O3/c1-3-20(2)15-22(10-12-25-20)19(23)21-18(13-16-9-11-24-14-16)17-7-5-4-6-8-17/h4-8,16,18H,3,9-15H2,1-2H3,(H,21,23)/t16-,18-,20-/m1/s1. The summed E-state index contributed by atoms with van der Waals surface area (Å²) in [6.45, 7) is 7.71. The minimum absolute atomic E-state index is 0.00995. The maximum absolute atomic E-state index is 12.9. The van der Waals surface area contributed by atoms with Gasteiger partial charge in [-0.1, -0.05) is 37.3 Å². The third-order valence-electron chi connectivity index (χ3n) is 5.46. The molecule has 0 spiro atoms. The second kappa shape index (κ2) is 8.19. The first kappa shape index (κ1) is 18.2. The number of hydrogen-bond acceptors (Lipinski definition) is 3. The van der Waals surface area contributed by atoms with Gasteiger partial charge in [0.15, 0.2) is 0 Å². The molecule has 0 bridgehead atoms. The second-order valence-electron chi connectivity index (χ2n) is 7.45. The molecule has 2 fully saturated rings. The first-order chi connectivity index (χ1) is 12.1. The molecule has 0 aliphatic carbocycles. The number of carbonyl (C=O) groups excluding carboxylic acids is 1. The number of carbonyl (C=O) groups is 1. The van der Waals surface area contributed by atoms with Gasteiger partial charge in [-0.3, -0.25) is 0 Å². The number of amides is 2. The fraction of sp³-hybridized carbons (Fsp3) is 0.650. The van der Waals surface area contributed by atoms with Crippen LogP contribution < -0.4 is 5.32 Å². The molecule has 5 heteroatoms. The summed E-state index contributed by atoms with van der Waals surface area (Å²) in [6, 6.07) is 10.3. The molecular weight excluding hydrogens is 316 g/mol. The lowest BCUT2D eigenvalue weighted by Crippen LogP contribution is -2.54. The van der Waals surface area contributed by atoms with Gasteiger partial charge in [0, 0.05) is 19.8 Å². The molecule has 2 aliphatic rings. The SMILES string of the molecule is CC[C@]1(C)CN(C(=O)N[C@H](C[C@H]2CCOC2)c2ccccc2)CCO1. The number of urea groups is 1. The number of nitrogens with zero attached hydrogens (tertiary/aromatic N) is 1. The Hall–Kier alpha value is -1.59. The third kappa shape index (κ3) is 4.73. The third-order valence-corrected chi connectivity index (χ3v) is 5.46. The molecule has 1 N–H and O–H groups in total. The van der Waals surface area contributed by atoms with Crippen LogP contribution in [0.5, 0.6) is 0 Å². The molecule has 0 unspecified atom stereocenters. The molecule has 2 aliphatic heterocycles. The van der Waals surface area contributed by atoms with Crippen molar-refractivity contribution in [3.05, 3.63) is 35.9 Å². The predicted molar refractivity (Wildman–Crippen MR) is 97.5 cm³/mol. The van der Waals surface area contributed by atoms with Crippen LogP contribution in [0, 0.1) is 5.92 Å². The molecule has 0 saturated carbocycles. The summed E-state index contributed by atoms with van der Waals surface area (Å²) < 4.78 is 11.4. The van der Waals surface area contributed by atoms with E-state index in [0.29, 0.717) is 25.6 Å². The average molecular weight is 346 g/mol. The largest absolute Gasteiger partial charge is 0.381 e. The maximum Gasteiger partial charge on any atom is 0.318 e. The highest BCUT2D eigenvalue weighted by atomic mass is 16.5. The van der Waals surface area contributed by atoms with Gasteiger partial charge in [0.2, 0.25) is 0 Å². The van der Waals surface area contributed by atoms with E-state index < -0.39 is 0 Å². The van der Waals surface area contributed by atoms with E-state index in [9.17, 15) is 4.79 Å². The molecule has 0 radical (unpaired) electrons. The van der Waals surface area contributed by atoms with E-state index in [0.717, 1.165) is 38.0 Å². The first-order valence-corrected chi connectivity index (χ1v) is 9.42. The summed E-state index contributed by atoms with van der Waals surface area (Å²) >= 11 is 0. The Balaban J connectivity index is 1.67. The zero-order valence-electron chi connectivity index (χ0n) is 15.4. The van der Waals surface area contributed by atoms with Gasteiger partial charge in [-0.2, -0.15) is 0 Å². The number of rotatable bonds is 5. The van der Waals surface area contributed by atoms with Crippen LogP contribution in [0.15, 0.2) is 30.3 Å². The summed E-state index contributed by atoms with van der Waals surface area (Å²) in [5.74, 6) is 0.510. The van der Waals surface area contributed by atoms with Crippen LogP contribution in [0.3, 0.4) is 0 Å². The van der Waals surface area contributed by atoms with Crippen molar-refractivity contribution >= 4 is 6.03 Å². The molecular formula is C20H30N2O3. The lowest BCUT2D eigenvalue weighted by atomic mass is 9.94. The van der Waals surface area contributed by atoms with Gasteiger partial charge in [0.05, 0.1) is 24.8 Å². The zero-order valence-corrected chi connectivity index (χ0v) is 15.4. The van der Waals surface area contributed by atoms with E-state index >= 15 is 0 Å². The number of hydrogen-bond donors (Lipinski definition) is 1. The van der Waals surface area contributed by atoms with Crippen molar-refractivity contribution in [3.8, 4) is 0 Å². The van der Waals surface area contributed by atoms with Crippen molar-refractivity contribution in [3.63, 3.8) is 0 Å². The van der Waals surface area contributed by atoms with E-state index in [-0.39, 0.29) is 17.7 Å². The summed E-state index contributed by atoms with van der Waals surface area (Å²) in [6.07, 6.45) is 2.90. The van der Waals surface area contributed by atoms with Gasteiger partial charge in [-0.25, -0.2) is 4.79 Å². The van der Waals surface area contributed by atoms with Crippen LogP contribution in [0.1, 0.15) is 44.7 Å². The molecule has 2 amide bonds. The highest BCUT2D eigenvalue weighted by Gasteiger charge is 2.33. The van der Waals surface area contributed by atoms with Gasteiger partial charge in [-0.15, -0.1) is 0 Å². The lowest BCUT2D eigenvalue weighted by Gasteiger charge is -2.40. The number of morpholine rings is 1. The highest BCUT2D eigenvalue weighted by Crippen LogP contribution is 2.27. The minimum Gasteiger partial charge on any atom is -0.381 e. The van der Waals surface area contributed by atoms with E-state index in [1.807, 2.05) is 23.1 Å². The van der Waals surface area contributed by atoms with E-state index in [1.54, 1.807) is 0 Å². The van der Waals surface area contributed by atoms with Crippen LogP contribution >= 0.6 is 0 Å². The molecule has 2 heterocycles. The molecule has 1 aromatic rings. The summed E-state index contributed by atoms with van der Waals surface area (Å²) in [4.78, 5) is 14.8. The van der Waals surface area contributed by atoms with Crippen molar-refractivity contribution < 1.29 is 14.3 Å². The topological polar surface area (TPSA) is 50.8 Å². The smallest absolute Gasteiger partial charge is 0.318 e. The number of benzene rings is 1. The average Bonchev–Trinajstić information content (AvgIpc) is 3.15. The van der Waals surface area contributed by atoms with Gasteiger partial charge < -0.3 is 19.7 Å². The van der Waals surface area contributed by atoms with Gasteiger partial charge in [-0.05, 0) is 37.7 Å². The van der Waals surface area contributed by atoms with E-state index in [1.165, 1.54) is 0 Å². The lowest BCUT2D eigenvalue weighted by molar-refractivity contribution is -0.0875. The molecule has 5 nitrogen and oxygen atoms in total. The zero-order chi connectivity index (χ0) is 17.7. The Morgan fingerprint density at radius 2 is 2.16 bits per heavy atom. The maximum atomic E-state index is 12.9. The van der Waals surface area contributed by atoms with Crippen LogP contribution in [0.4, 0.5) is 4.79 Å². The first-order valence-electron chi connectivity index (χ1n) is 9.42. The second-order valence-corrected chi connectivity index (χ2v) is 7.45. The fourth-order valence-corrected chi connectivity index (χ4v) is 3.62. The molecule has 1 aromatic carbocycles. The Kier molecular flexibility index (Phi) is 5.97. The molecule has 3 atom stereocenters. The van der Waals surface area contributed by atoms with Crippen LogP contribution in [-0.2, 0) is 9.47 Å². The Morgan fingerprint density at radius 1 is 1.36 bits per heavy atom. The van der Waals surface area contributed by atoms with Crippen molar-refractivity contribution in [1.82, 2.24) is 10.2 Å². The Bertz CT molecular complexity index is 559. The Labute approximate surface area is 150 Å². The Morgan fingerprint density at radius 3 is 2.84 bits per heavy atom. The van der Waals surface area contributed by atoms with Crippen molar-refractivity contribution in [2.45, 2.75) is 44.8 Å². The molecule has 0 aromatic heterocycles. The normalized spacial score (nSPS) is 27.9. The number of nitrogens with one attached hydrogen (secondary N) is 1. The van der Waals surface area contributed by atoms with Crippen molar-refractivity contribution in [2.24, 2.45) is 5.92 Å². The van der Waals surface area contributed by atoms with E-state index in [4.69, 9.17) is 9.47 Å². The summed E-state index contributed by atoms with van der Waals surface area (Å²) in [5.41, 5.74) is 0.922. The molecule has 2 saturated heterocycles. The predicted octanol–water partition coefficient (Wildman–Crippen LogP) is 3.36. The quantitative estimate of drug-likeness (QED) is 0.889. The van der Waals surface area contributed by atoms with Crippen LogP contribution in [-0.4, -0.2) is 49.4 Å². The number of ether oxygens (including phenoxy) is 2.